The molecule has 2 rings (SSSR count). The van der Waals surface area contributed by atoms with Crippen LogP contribution in [0.15, 0.2) is 20.7 Å². The summed E-state index contributed by atoms with van der Waals surface area (Å²) < 4.78 is 2.63. The lowest BCUT2D eigenvalue weighted by atomic mass is 10.1. The largest absolute Gasteiger partial charge is 0.332 e. The van der Waals surface area contributed by atoms with Crippen LogP contribution in [0.1, 0.15) is 32.8 Å². The van der Waals surface area contributed by atoms with E-state index in [1.165, 1.54) is 16.2 Å². The van der Waals surface area contributed by atoms with Gasteiger partial charge in [-0.05, 0) is 25.1 Å². The predicted octanol–water partition coefficient (Wildman–Crippen LogP) is 2.02. The number of hydrogen-bond acceptors (Lipinski definition) is 5. The SMILES string of the molecule is CCCc1cnc2c(c1SCCN(CC)CC)c(=O)n(C)c(=O)n2C. The number of hydrogen-bond donors (Lipinski definition) is 0. The van der Waals surface area contributed by atoms with Crippen molar-refractivity contribution >= 4 is 22.8 Å². The highest BCUT2D eigenvalue weighted by Gasteiger charge is 2.17. The molecule has 6 nitrogen and oxygen atoms in total. The minimum absolute atomic E-state index is 0.256. The molecule has 0 N–H and O–H groups in total. The molecule has 0 fully saturated rings. The van der Waals surface area contributed by atoms with E-state index in [-0.39, 0.29) is 11.2 Å². The normalized spacial score (nSPS) is 11.6. The molecule has 2 aromatic heterocycles. The molecule has 0 bridgehead atoms. The Morgan fingerprint density at radius 1 is 1.12 bits per heavy atom. The Bertz CT molecular complexity index is 853. The summed E-state index contributed by atoms with van der Waals surface area (Å²) in [5.41, 5.74) is 0.967. The van der Waals surface area contributed by atoms with Crippen LogP contribution in [0, 0.1) is 0 Å². The second kappa shape index (κ2) is 8.67. The van der Waals surface area contributed by atoms with Gasteiger partial charge in [0.2, 0.25) is 0 Å². The van der Waals surface area contributed by atoms with Crippen LogP contribution in [0.4, 0.5) is 0 Å². The average molecular weight is 365 g/mol. The summed E-state index contributed by atoms with van der Waals surface area (Å²) in [6.45, 7) is 9.44. The Kier molecular flexibility index (Phi) is 6.84. The van der Waals surface area contributed by atoms with Gasteiger partial charge in [0.15, 0.2) is 0 Å². The Morgan fingerprint density at radius 2 is 1.80 bits per heavy atom. The Morgan fingerprint density at radius 3 is 2.40 bits per heavy atom. The van der Waals surface area contributed by atoms with Crippen LogP contribution in [0.5, 0.6) is 0 Å². The first-order valence-corrected chi connectivity index (χ1v) is 9.87. The maximum atomic E-state index is 12.8. The van der Waals surface area contributed by atoms with E-state index in [1.807, 2.05) is 6.20 Å². The average Bonchev–Trinajstić information content (AvgIpc) is 2.62. The molecule has 0 radical (unpaired) electrons. The molecule has 7 heteroatoms. The van der Waals surface area contributed by atoms with E-state index in [2.05, 4.69) is 30.7 Å². The summed E-state index contributed by atoms with van der Waals surface area (Å²) in [5.74, 6) is 0.906. The van der Waals surface area contributed by atoms with Crippen molar-refractivity contribution in [3.05, 3.63) is 32.6 Å². The van der Waals surface area contributed by atoms with E-state index in [4.69, 9.17) is 0 Å². The molecule has 0 atom stereocenters. The lowest BCUT2D eigenvalue weighted by Crippen LogP contribution is -2.37. The van der Waals surface area contributed by atoms with Gasteiger partial charge >= 0.3 is 5.69 Å². The van der Waals surface area contributed by atoms with Crippen molar-refractivity contribution in [2.75, 3.05) is 25.4 Å². The highest BCUT2D eigenvalue weighted by molar-refractivity contribution is 7.99. The quantitative estimate of drug-likeness (QED) is 0.671. The van der Waals surface area contributed by atoms with Gasteiger partial charge in [0, 0.05) is 37.5 Å². The molecular formula is C18H28N4O2S. The summed E-state index contributed by atoms with van der Waals surface area (Å²) >= 11 is 1.70. The van der Waals surface area contributed by atoms with Gasteiger partial charge in [0.25, 0.3) is 5.56 Å². The fourth-order valence-electron chi connectivity index (χ4n) is 2.97. The first-order chi connectivity index (χ1) is 12.0. The van der Waals surface area contributed by atoms with E-state index in [1.54, 1.807) is 18.8 Å². The van der Waals surface area contributed by atoms with E-state index >= 15 is 0 Å². The summed E-state index contributed by atoms with van der Waals surface area (Å²) in [5, 5.41) is 0.570. The molecule has 0 unspecified atom stereocenters. The lowest BCUT2D eigenvalue weighted by molar-refractivity contribution is 0.324. The minimum atomic E-state index is -0.340. The van der Waals surface area contributed by atoms with Crippen LogP contribution in [0.2, 0.25) is 0 Å². The fourth-order valence-corrected chi connectivity index (χ4v) is 4.19. The Hall–Kier alpha value is -1.60. The third kappa shape index (κ3) is 3.98. The monoisotopic (exact) mass is 364 g/mol. The van der Waals surface area contributed by atoms with Gasteiger partial charge in [0.1, 0.15) is 5.65 Å². The highest BCUT2D eigenvalue weighted by atomic mass is 32.2. The van der Waals surface area contributed by atoms with Crippen molar-refractivity contribution in [2.24, 2.45) is 14.1 Å². The zero-order valence-corrected chi connectivity index (χ0v) is 16.7. The van der Waals surface area contributed by atoms with Crippen LogP contribution in [-0.2, 0) is 20.5 Å². The minimum Gasteiger partial charge on any atom is -0.303 e. The van der Waals surface area contributed by atoms with E-state index in [9.17, 15) is 9.59 Å². The van der Waals surface area contributed by atoms with Crippen LogP contribution >= 0.6 is 11.8 Å². The maximum Gasteiger partial charge on any atom is 0.332 e. The third-order valence-corrected chi connectivity index (χ3v) is 5.70. The smallest absolute Gasteiger partial charge is 0.303 e. The maximum absolute atomic E-state index is 12.8. The number of aryl methyl sites for hydroxylation is 2. The number of rotatable bonds is 8. The second-order valence-corrected chi connectivity index (χ2v) is 7.25. The van der Waals surface area contributed by atoms with Crippen molar-refractivity contribution in [3.63, 3.8) is 0 Å². The molecule has 0 amide bonds. The number of fused-ring (bicyclic) bond motifs is 1. The molecule has 25 heavy (non-hydrogen) atoms. The molecule has 0 saturated heterocycles. The molecule has 0 aromatic carbocycles. The topological polar surface area (TPSA) is 60.1 Å². The van der Waals surface area contributed by atoms with Gasteiger partial charge in [-0.3, -0.25) is 13.9 Å². The highest BCUT2D eigenvalue weighted by Crippen LogP contribution is 2.28. The zero-order valence-electron chi connectivity index (χ0n) is 15.8. The van der Waals surface area contributed by atoms with Gasteiger partial charge in [-0.25, -0.2) is 9.78 Å². The predicted molar refractivity (Wildman–Crippen MR) is 105 cm³/mol. The number of thioether (sulfide) groups is 1. The van der Waals surface area contributed by atoms with Gasteiger partial charge in [-0.2, -0.15) is 0 Å². The Labute approximate surface area is 152 Å². The van der Waals surface area contributed by atoms with Gasteiger partial charge in [-0.1, -0.05) is 27.2 Å². The Balaban J connectivity index is 2.56. The van der Waals surface area contributed by atoms with Crippen molar-refractivity contribution in [1.29, 1.82) is 0 Å². The van der Waals surface area contributed by atoms with Crippen molar-refractivity contribution in [2.45, 2.75) is 38.5 Å². The number of nitrogens with zero attached hydrogens (tertiary/aromatic N) is 4. The standard InChI is InChI=1S/C18H28N4O2S/c1-6-9-13-12-19-16-14(17(23)21(5)18(24)20(16)4)15(13)25-11-10-22(7-2)8-3/h12H,6-11H2,1-5H3. The molecule has 138 valence electrons. The molecule has 2 aromatic rings. The van der Waals surface area contributed by atoms with Crippen LogP contribution in [0.3, 0.4) is 0 Å². The molecule has 0 saturated carbocycles. The molecule has 0 aliphatic heterocycles. The summed E-state index contributed by atoms with van der Waals surface area (Å²) in [6, 6.07) is 0. The first-order valence-electron chi connectivity index (χ1n) is 8.88. The lowest BCUT2D eigenvalue weighted by Gasteiger charge is -2.18. The van der Waals surface area contributed by atoms with Crippen LogP contribution in [0.25, 0.3) is 11.0 Å². The van der Waals surface area contributed by atoms with Crippen LogP contribution < -0.4 is 11.2 Å². The third-order valence-electron chi connectivity index (χ3n) is 4.56. The van der Waals surface area contributed by atoms with Gasteiger partial charge in [-0.15, -0.1) is 11.8 Å². The van der Waals surface area contributed by atoms with Crippen LogP contribution in [-0.4, -0.2) is 44.4 Å². The summed E-state index contributed by atoms with van der Waals surface area (Å²) in [6.07, 6.45) is 3.69. The van der Waals surface area contributed by atoms with Crippen molar-refractivity contribution in [3.8, 4) is 0 Å². The molecule has 0 aliphatic rings. The van der Waals surface area contributed by atoms with Crippen molar-refractivity contribution in [1.82, 2.24) is 19.0 Å². The summed E-state index contributed by atoms with van der Waals surface area (Å²) in [7, 11) is 3.20. The molecule has 2 heterocycles. The number of pyridine rings is 1. The van der Waals surface area contributed by atoms with Crippen molar-refractivity contribution < 1.29 is 0 Å². The van der Waals surface area contributed by atoms with E-state index in [0.29, 0.717) is 11.0 Å². The van der Waals surface area contributed by atoms with E-state index < -0.39 is 0 Å². The first kappa shape index (κ1) is 19.7. The molecule has 0 aliphatic carbocycles. The van der Waals surface area contributed by atoms with E-state index in [0.717, 1.165) is 48.7 Å². The fraction of sp³-hybridized carbons (Fsp3) is 0.611. The van der Waals surface area contributed by atoms with Gasteiger partial charge < -0.3 is 4.90 Å². The van der Waals surface area contributed by atoms with Gasteiger partial charge in [0.05, 0.1) is 5.39 Å². The molecule has 0 spiro atoms. The summed E-state index contributed by atoms with van der Waals surface area (Å²) in [4.78, 5) is 32.7. The zero-order chi connectivity index (χ0) is 18.6. The second-order valence-electron chi connectivity index (χ2n) is 6.14. The number of aromatic nitrogens is 3. The molecular weight excluding hydrogens is 336 g/mol.